The topological polar surface area (TPSA) is 75.7 Å². The Morgan fingerprint density at radius 1 is 0.969 bits per heavy atom. The summed E-state index contributed by atoms with van der Waals surface area (Å²) in [5, 5.41) is 2.21. The third kappa shape index (κ3) is 4.27. The zero-order chi connectivity index (χ0) is 22.7. The van der Waals surface area contributed by atoms with E-state index in [2.05, 4.69) is 5.32 Å². The summed E-state index contributed by atoms with van der Waals surface area (Å²) in [5.41, 5.74) is 2.20. The Morgan fingerprint density at radius 3 is 2.47 bits per heavy atom. The van der Waals surface area contributed by atoms with E-state index in [9.17, 15) is 18.8 Å². The summed E-state index contributed by atoms with van der Waals surface area (Å²) in [6, 6.07) is 18.9. The number of barbiturate groups is 1. The van der Waals surface area contributed by atoms with Crippen LogP contribution >= 0.6 is 0 Å². The predicted molar refractivity (Wildman–Crippen MR) is 118 cm³/mol. The van der Waals surface area contributed by atoms with Crippen molar-refractivity contribution < 1.29 is 23.5 Å². The summed E-state index contributed by atoms with van der Waals surface area (Å²) in [5.74, 6) is -1.28. The Labute approximate surface area is 183 Å². The van der Waals surface area contributed by atoms with Crippen molar-refractivity contribution in [3.05, 3.63) is 101 Å². The Hall–Kier alpha value is -4.26. The molecule has 32 heavy (non-hydrogen) atoms. The van der Waals surface area contributed by atoms with E-state index in [-0.39, 0.29) is 11.4 Å². The van der Waals surface area contributed by atoms with Crippen molar-refractivity contribution in [2.45, 2.75) is 6.42 Å². The van der Waals surface area contributed by atoms with Crippen molar-refractivity contribution in [3.8, 4) is 5.75 Å². The van der Waals surface area contributed by atoms with Crippen LogP contribution in [0.15, 0.2) is 78.4 Å². The van der Waals surface area contributed by atoms with Crippen molar-refractivity contribution in [2.75, 3.05) is 12.0 Å². The lowest BCUT2D eigenvalue weighted by atomic mass is 9.97. The maximum atomic E-state index is 13.7. The van der Waals surface area contributed by atoms with Crippen LogP contribution in [0.25, 0.3) is 6.08 Å². The minimum Gasteiger partial charge on any atom is -0.497 e. The maximum absolute atomic E-state index is 13.7. The molecular formula is C25H19FN2O4. The Morgan fingerprint density at radius 2 is 1.75 bits per heavy atom. The van der Waals surface area contributed by atoms with E-state index >= 15 is 0 Å². The SMILES string of the molecule is COc1ccc(/C=C2\C(=O)NC(=O)N(c3ccccc3)C2=O)c(Cc2cccc(F)c2)c1. The lowest BCUT2D eigenvalue weighted by Crippen LogP contribution is -2.54. The molecule has 160 valence electrons. The summed E-state index contributed by atoms with van der Waals surface area (Å²) in [6.45, 7) is 0. The van der Waals surface area contributed by atoms with Crippen LogP contribution in [0.3, 0.4) is 0 Å². The van der Waals surface area contributed by atoms with Gasteiger partial charge in [0, 0.05) is 0 Å². The number of nitrogens with zero attached hydrogens (tertiary/aromatic N) is 1. The number of ether oxygens (including phenoxy) is 1. The number of nitrogens with one attached hydrogen (secondary N) is 1. The maximum Gasteiger partial charge on any atom is 0.335 e. The van der Waals surface area contributed by atoms with E-state index in [0.717, 1.165) is 16.0 Å². The molecule has 0 spiro atoms. The minimum atomic E-state index is -0.807. The van der Waals surface area contributed by atoms with Gasteiger partial charge in [-0.25, -0.2) is 14.1 Å². The molecule has 0 aliphatic carbocycles. The molecule has 0 unspecified atom stereocenters. The monoisotopic (exact) mass is 430 g/mol. The fraction of sp³-hybridized carbons (Fsp3) is 0.0800. The van der Waals surface area contributed by atoms with Crippen LogP contribution in [0.4, 0.5) is 14.9 Å². The molecule has 1 fully saturated rings. The molecule has 4 amide bonds. The van der Waals surface area contributed by atoms with E-state index in [1.54, 1.807) is 60.7 Å². The van der Waals surface area contributed by atoms with Gasteiger partial charge in [-0.2, -0.15) is 0 Å². The zero-order valence-electron chi connectivity index (χ0n) is 17.2. The number of hydrogen-bond donors (Lipinski definition) is 1. The fourth-order valence-electron chi connectivity index (χ4n) is 3.49. The van der Waals surface area contributed by atoms with Gasteiger partial charge in [0.15, 0.2) is 0 Å². The number of rotatable bonds is 5. The highest BCUT2D eigenvalue weighted by molar-refractivity contribution is 6.39. The molecule has 1 aliphatic rings. The quantitative estimate of drug-likeness (QED) is 0.489. The molecule has 0 bridgehead atoms. The van der Waals surface area contributed by atoms with Crippen LogP contribution in [0.5, 0.6) is 5.75 Å². The number of urea groups is 1. The Balaban J connectivity index is 1.75. The van der Waals surface area contributed by atoms with Crippen LogP contribution in [0.1, 0.15) is 16.7 Å². The third-order valence-corrected chi connectivity index (χ3v) is 5.05. The van der Waals surface area contributed by atoms with Gasteiger partial charge in [0.2, 0.25) is 0 Å². The normalized spacial score (nSPS) is 15.1. The van der Waals surface area contributed by atoms with Gasteiger partial charge in [0.25, 0.3) is 11.8 Å². The molecule has 3 aromatic carbocycles. The number of anilines is 1. The van der Waals surface area contributed by atoms with E-state index < -0.39 is 17.8 Å². The van der Waals surface area contributed by atoms with Gasteiger partial charge in [-0.15, -0.1) is 0 Å². The van der Waals surface area contributed by atoms with Crippen molar-refractivity contribution in [1.82, 2.24) is 5.32 Å². The van der Waals surface area contributed by atoms with E-state index in [1.807, 2.05) is 0 Å². The van der Waals surface area contributed by atoms with Gasteiger partial charge >= 0.3 is 6.03 Å². The van der Waals surface area contributed by atoms with Crippen LogP contribution in [-0.2, 0) is 16.0 Å². The van der Waals surface area contributed by atoms with E-state index in [0.29, 0.717) is 23.4 Å². The molecule has 0 saturated carbocycles. The smallest absolute Gasteiger partial charge is 0.335 e. The second kappa shape index (κ2) is 8.85. The number of hydrogen-bond acceptors (Lipinski definition) is 4. The summed E-state index contributed by atoms with van der Waals surface area (Å²) < 4.78 is 19.0. The number of benzene rings is 3. The number of imide groups is 2. The van der Waals surface area contributed by atoms with E-state index in [1.165, 1.54) is 25.3 Å². The number of amides is 4. The first-order valence-electron chi connectivity index (χ1n) is 9.84. The number of para-hydroxylation sites is 1. The van der Waals surface area contributed by atoms with Gasteiger partial charge in [-0.05, 0) is 65.6 Å². The molecule has 4 rings (SSSR count). The molecule has 0 atom stereocenters. The minimum absolute atomic E-state index is 0.181. The highest BCUT2D eigenvalue weighted by atomic mass is 19.1. The number of halogens is 1. The lowest BCUT2D eigenvalue weighted by molar-refractivity contribution is -0.122. The van der Waals surface area contributed by atoms with Crippen molar-refractivity contribution >= 4 is 29.6 Å². The van der Waals surface area contributed by atoms with Crippen molar-refractivity contribution in [1.29, 1.82) is 0 Å². The van der Waals surface area contributed by atoms with Crippen LogP contribution in [-0.4, -0.2) is 25.0 Å². The highest BCUT2D eigenvalue weighted by Crippen LogP contribution is 2.26. The van der Waals surface area contributed by atoms with Gasteiger partial charge in [0.05, 0.1) is 12.8 Å². The second-order valence-electron chi connectivity index (χ2n) is 7.16. The zero-order valence-corrected chi connectivity index (χ0v) is 17.2. The van der Waals surface area contributed by atoms with Crippen molar-refractivity contribution in [3.63, 3.8) is 0 Å². The van der Waals surface area contributed by atoms with E-state index in [4.69, 9.17) is 4.74 Å². The standard InChI is InChI=1S/C25H19FN2O4/c1-32-21-11-10-17(18(14-21)12-16-6-5-7-19(26)13-16)15-22-23(29)27-25(31)28(24(22)30)20-8-3-2-4-9-20/h2-11,13-15H,12H2,1H3,(H,27,29,31)/b22-15+. The van der Waals surface area contributed by atoms with Crippen LogP contribution in [0, 0.1) is 5.82 Å². The Kier molecular flexibility index (Phi) is 5.81. The fourth-order valence-corrected chi connectivity index (χ4v) is 3.49. The molecule has 1 heterocycles. The summed E-state index contributed by atoms with van der Waals surface area (Å²) in [7, 11) is 1.53. The predicted octanol–water partition coefficient (Wildman–Crippen LogP) is 4.09. The molecule has 0 aromatic heterocycles. The highest BCUT2D eigenvalue weighted by Gasteiger charge is 2.36. The molecule has 1 aliphatic heterocycles. The van der Waals surface area contributed by atoms with Crippen LogP contribution in [0.2, 0.25) is 0 Å². The summed E-state index contributed by atoms with van der Waals surface area (Å²) in [6.07, 6.45) is 1.79. The van der Waals surface area contributed by atoms with Gasteiger partial charge < -0.3 is 4.74 Å². The molecular weight excluding hydrogens is 411 g/mol. The molecule has 1 saturated heterocycles. The summed E-state index contributed by atoms with van der Waals surface area (Å²) >= 11 is 0. The second-order valence-corrected chi connectivity index (χ2v) is 7.16. The van der Waals surface area contributed by atoms with Gasteiger partial charge in [-0.3, -0.25) is 14.9 Å². The molecule has 0 radical (unpaired) electrons. The average molecular weight is 430 g/mol. The first-order chi connectivity index (χ1) is 15.5. The largest absolute Gasteiger partial charge is 0.497 e. The first-order valence-corrected chi connectivity index (χ1v) is 9.84. The molecule has 6 nitrogen and oxygen atoms in total. The van der Waals surface area contributed by atoms with Crippen molar-refractivity contribution in [2.24, 2.45) is 0 Å². The third-order valence-electron chi connectivity index (χ3n) is 5.05. The first kappa shape index (κ1) is 21.0. The number of methoxy groups -OCH3 is 1. The Bertz CT molecular complexity index is 1240. The van der Waals surface area contributed by atoms with Gasteiger partial charge in [-0.1, -0.05) is 36.4 Å². The van der Waals surface area contributed by atoms with Crippen LogP contribution < -0.4 is 15.0 Å². The number of carbonyl (C=O) groups is 3. The number of carbonyl (C=O) groups excluding carboxylic acids is 3. The average Bonchev–Trinajstić information content (AvgIpc) is 2.78. The molecule has 1 N–H and O–H groups in total. The lowest BCUT2D eigenvalue weighted by Gasteiger charge is -2.26. The van der Waals surface area contributed by atoms with Gasteiger partial charge in [0.1, 0.15) is 17.1 Å². The molecule has 7 heteroatoms. The molecule has 3 aromatic rings. The summed E-state index contributed by atoms with van der Waals surface area (Å²) in [4.78, 5) is 38.9.